The summed E-state index contributed by atoms with van der Waals surface area (Å²) in [7, 11) is 3.05. The molecule has 2 fully saturated rings. The van der Waals surface area contributed by atoms with E-state index in [0.717, 1.165) is 36.1 Å². The minimum absolute atomic E-state index is 0.0404. The van der Waals surface area contributed by atoms with Crippen LogP contribution in [0.3, 0.4) is 0 Å². The third-order valence-corrected chi connectivity index (χ3v) is 5.79. The van der Waals surface area contributed by atoms with Gasteiger partial charge in [0.25, 0.3) is 5.91 Å². The zero-order valence-electron chi connectivity index (χ0n) is 14.1. The molecular formula is C17H23N3O3S. The largest absolute Gasteiger partial charge is 0.335 e. The van der Waals surface area contributed by atoms with Gasteiger partial charge in [-0.15, -0.1) is 0 Å². The van der Waals surface area contributed by atoms with Gasteiger partial charge in [0.05, 0.1) is 6.42 Å². The summed E-state index contributed by atoms with van der Waals surface area (Å²) in [5.41, 5.74) is 1.12. The lowest BCUT2D eigenvalue weighted by Gasteiger charge is -2.30. The van der Waals surface area contributed by atoms with Gasteiger partial charge in [-0.05, 0) is 35.2 Å². The lowest BCUT2D eigenvalue weighted by Crippen LogP contribution is -2.43. The fourth-order valence-corrected chi connectivity index (χ4v) is 4.24. The van der Waals surface area contributed by atoms with Crippen molar-refractivity contribution in [3.05, 3.63) is 22.4 Å². The molecule has 1 saturated carbocycles. The molecule has 4 amide bonds. The second-order valence-corrected chi connectivity index (χ2v) is 7.38. The summed E-state index contributed by atoms with van der Waals surface area (Å²) in [6, 6.07) is 1.25. The summed E-state index contributed by atoms with van der Waals surface area (Å²) in [6.45, 7) is 0.585. The van der Waals surface area contributed by atoms with Crippen LogP contribution in [-0.2, 0) is 16.1 Å². The predicted octanol–water partition coefficient (Wildman–Crippen LogP) is 2.30. The van der Waals surface area contributed by atoms with Crippen LogP contribution in [0.2, 0.25) is 0 Å². The number of thiophene rings is 1. The van der Waals surface area contributed by atoms with Gasteiger partial charge in [0.2, 0.25) is 5.91 Å². The van der Waals surface area contributed by atoms with Crippen LogP contribution < -0.4 is 0 Å². The first kappa shape index (κ1) is 17.0. The number of rotatable bonds is 5. The number of hydrogen-bond acceptors (Lipinski definition) is 4. The summed E-state index contributed by atoms with van der Waals surface area (Å²) < 4.78 is 0. The SMILES string of the molecule is CN1C(=O)C(CC(=O)N(Cc2ccsc2)C2CCCC2)N(C)C1=O. The average Bonchev–Trinajstić information content (AvgIpc) is 3.30. The van der Waals surface area contributed by atoms with Gasteiger partial charge in [-0.25, -0.2) is 4.79 Å². The Hall–Kier alpha value is -1.89. The number of hydrogen-bond donors (Lipinski definition) is 0. The Balaban J connectivity index is 1.73. The summed E-state index contributed by atoms with van der Waals surface area (Å²) in [6.07, 6.45) is 4.38. The van der Waals surface area contributed by atoms with Crippen LogP contribution in [0.4, 0.5) is 4.79 Å². The van der Waals surface area contributed by atoms with Gasteiger partial charge in [-0.3, -0.25) is 14.5 Å². The van der Waals surface area contributed by atoms with Crippen molar-refractivity contribution in [3.63, 3.8) is 0 Å². The molecule has 1 aliphatic carbocycles. The van der Waals surface area contributed by atoms with Gasteiger partial charge in [0, 0.05) is 26.7 Å². The molecule has 1 aliphatic heterocycles. The topological polar surface area (TPSA) is 60.9 Å². The van der Waals surface area contributed by atoms with Gasteiger partial charge in [0.15, 0.2) is 0 Å². The molecule has 1 saturated heterocycles. The van der Waals surface area contributed by atoms with Crippen molar-refractivity contribution in [2.75, 3.05) is 14.1 Å². The Morgan fingerprint density at radius 2 is 2.00 bits per heavy atom. The monoisotopic (exact) mass is 349 g/mol. The molecule has 1 unspecified atom stereocenters. The fourth-order valence-electron chi connectivity index (χ4n) is 3.58. The van der Waals surface area contributed by atoms with Crippen molar-refractivity contribution in [2.45, 2.75) is 50.7 Å². The molecule has 3 rings (SSSR count). The molecule has 0 aromatic carbocycles. The maximum atomic E-state index is 12.9. The van der Waals surface area contributed by atoms with E-state index in [-0.39, 0.29) is 30.3 Å². The standard InChI is InChI=1S/C17H23N3O3S/c1-18-14(16(22)19(2)17(18)23)9-15(21)20(13-5-3-4-6-13)10-12-7-8-24-11-12/h7-8,11,13-14H,3-6,9-10H2,1-2H3. The van der Waals surface area contributed by atoms with E-state index in [1.165, 1.54) is 11.9 Å². The highest BCUT2D eigenvalue weighted by Gasteiger charge is 2.43. The number of amides is 4. The van der Waals surface area contributed by atoms with Crippen LogP contribution in [0.5, 0.6) is 0 Å². The second kappa shape index (κ2) is 6.93. The van der Waals surface area contributed by atoms with Crippen LogP contribution in [0, 0.1) is 0 Å². The third-order valence-electron chi connectivity index (χ3n) is 5.06. The van der Waals surface area contributed by atoms with Gasteiger partial charge in [-0.1, -0.05) is 12.8 Å². The molecular weight excluding hydrogens is 326 g/mol. The van der Waals surface area contributed by atoms with Crippen LogP contribution in [0.25, 0.3) is 0 Å². The highest BCUT2D eigenvalue weighted by atomic mass is 32.1. The Labute approximate surface area is 146 Å². The number of nitrogens with zero attached hydrogens (tertiary/aromatic N) is 3. The fraction of sp³-hybridized carbons (Fsp3) is 0.588. The van der Waals surface area contributed by atoms with Crippen LogP contribution >= 0.6 is 11.3 Å². The summed E-state index contributed by atoms with van der Waals surface area (Å²) in [5.74, 6) is -0.334. The maximum absolute atomic E-state index is 12.9. The molecule has 1 aromatic heterocycles. The van der Waals surface area contributed by atoms with Gasteiger partial charge in [-0.2, -0.15) is 11.3 Å². The second-order valence-electron chi connectivity index (χ2n) is 6.60. The number of imide groups is 1. The van der Waals surface area contributed by atoms with E-state index in [4.69, 9.17) is 0 Å². The number of carbonyl (C=O) groups is 3. The minimum Gasteiger partial charge on any atom is -0.335 e. The lowest BCUT2D eigenvalue weighted by molar-refractivity contribution is -0.138. The number of urea groups is 1. The average molecular weight is 349 g/mol. The lowest BCUT2D eigenvalue weighted by atomic mass is 10.1. The molecule has 2 aliphatic rings. The van der Waals surface area contributed by atoms with Gasteiger partial charge < -0.3 is 9.80 Å². The normalized spacial score (nSPS) is 21.8. The molecule has 130 valence electrons. The zero-order valence-corrected chi connectivity index (χ0v) is 14.9. The van der Waals surface area contributed by atoms with E-state index in [2.05, 4.69) is 5.38 Å². The highest BCUT2D eigenvalue weighted by molar-refractivity contribution is 7.07. The van der Waals surface area contributed by atoms with Gasteiger partial charge >= 0.3 is 6.03 Å². The molecule has 1 atom stereocenters. The molecule has 24 heavy (non-hydrogen) atoms. The van der Waals surface area contributed by atoms with Crippen molar-refractivity contribution in [3.8, 4) is 0 Å². The van der Waals surface area contributed by atoms with Crippen molar-refractivity contribution in [1.29, 1.82) is 0 Å². The van der Waals surface area contributed by atoms with E-state index < -0.39 is 6.04 Å². The Kier molecular flexibility index (Phi) is 4.89. The molecule has 0 bridgehead atoms. The molecule has 6 nitrogen and oxygen atoms in total. The van der Waals surface area contributed by atoms with E-state index in [1.54, 1.807) is 18.4 Å². The predicted molar refractivity (Wildman–Crippen MR) is 91.5 cm³/mol. The number of carbonyl (C=O) groups excluding carboxylic acids is 3. The Morgan fingerprint density at radius 3 is 2.54 bits per heavy atom. The van der Waals surface area contributed by atoms with E-state index in [9.17, 15) is 14.4 Å². The van der Waals surface area contributed by atoms with E-state index >= 15 is 0 Å². The summed E-state index contributed by atoms with van der Waals surface area (Å²) >= 11 is 1.62. The quantitative estimate of drug-likeness (QED) is 0.767. The molecule has 1 aromatic rings. The number of likely N-dealkylation sites (N-methyl/N-ethyl adjacent to an activating group) is 2. The van der Waals surface area contributed by atoms with Crippen molar-refractivity contribution >= 4 is 29.2 Å². The zero-order chi connectivity index (χ0) is 17.3. The first-order valence-electron chi connectivity index (χ1n) is 8.34. The highest BCUT2D eigenvalue weighted by Crippen LogP contribution is 2.27. The first-order valence-corrected chi connectivity index (χ1v) is 9.28. The van der Waals surface area contributed by atoms with Crippen LogP contribution in [0.1, 0.15) is 37.7 Å². The third kappa shape index (κ3) is 3.17. The van der Waals surface area contributed by atoms with Crippen molar-refractivity contribution in [2.24, 2.45) is 0 Å². The maximum Gasteiger partial charge on any atom is 0.326 e. The molecule has 0 spiro atoms. The van der Waals surface area contributed by atoms with E-state index in [0.29, 0.717) is 6.54 Å². The van der Waals surface area contributed by atoms with Gasteiger partial charge in [0.1, 0.15) is 6.04 Å². The van der Waals surface area contributed by atoms with Crippen molar-refractivity contribution < 1.29 is 14.4 Å². The first-order chi connectivity index (χ1) is 11.5. The minimum atomic E-state index is -0.679. The van der Waals surface area contributed by atoms with Crippen LogP contribution in [0.15, 0.2) is 16.8 Å². The van der Waals surface area contributed by atoms with Crippen molar-refractivity contribution in [1.82, 2.24) is 14.7 Å². The smallest absolute Gasteiger partial charge is 0.326 e. The molecule has 2 heterocycles. The Bertz CT molecular complexity index is 625. The summed E-state index contributed by atoms with van der Waals surface area (Å²) in [5, 5.41) is 4.06. The molecule has 0 N–H and O–H groups in total. The Morgan fingerprint density at radius 1 is 1.29 bits per heavy atom. The molecule has 7 heteroatoms. The van der Waals surface area contributed by atoms with E-state index in [1.807, 2.05) is 16.3 Å². The summed E-state index contributed by atoms with van der Waals surface area (Å²) in [4.78, 5) is 41.4. The molecule has 0 radical (unpaired) electrons. The van der Waals surface area contributed by atoms with Crippen LogP contribution in [-0.4, -0.2) is 58.7 Å².